The minimum atomic E-state index is -3.86. The molecule has 0 amide bonds. The van der Waals surface area contributed by atoms with E-state index in [0.29, 0.717) is 6.42 Å². The standard InChI is InChI=1S/C13H16Cl3NO3S/c14-9-5-10(15)13(11(16)6-9)21(19,20)17-12-4-2-1-3-8(12)7-18/h5-6,8,12,17-18H,1-4,7H2. The van der Waals surface area contributed by atoms with Crippen LogP contribution in [0.3, 0.4) is 0 Å². The van der Waals surface area contributed by atoms with Gasteiger partial charge in [-0.1, -0.05) is 47.6 Å². The summed E-state index contributed by atoms with van der Waals surface area (Å²) < 4.78 is 27.6. The number of aliphatic hydroxyl groups excluding tert-OH is 1. The van der Waals surface area contributed by atoms with E-state index in [1.807, 2.05) is 0 Å². The third-order valence-electron chi connectivity index (χ3n) is 3.68. The van der Waals surface area contributed by atoms with Crippen molar-refractivity contribution in [3.8, 4) is 0 Å². The number of aliphatic hydroxyl groups is 1. The zero-order chi connectivity index (χ0) is 15.6. The maximum atomic E-state index is 12.5. The van der Waals surface area contributed by atoms with E-state index in [0.717, 1.165) is 19.3 Å². The fourth-order valence-electron chi connectivity index (χ4n) is 2.63. The molecule has 118 valence electrons. The van der Waals surface area contributed by atoms with Gasteiger partial charge in [-0.3, -0.25) is 0 Å². The summed E-state index contributed by atoms with van der Waals surface area (Å²) in [7, 11) is -3.86. The van der Waals surface area contributed by atoms with Crippen molar-refractivity contribution in [2.75, 3.05) is 6.61 Å². The first-order chi connectivity index (χ1) is 9.85. The van der Waals surface area contributed by atoms with Gasteiger partial charge in [0, 0.05) is 17.7 Å². The van der Waals surface area contributed by atoms with Crippen LogP contribution in [0.25, 0.3) is 0 Å². The van der Waals surface area contributed by atoms with Gasteiger partial charge in [-0.05, 0) is 30.9 Å². The highest BCUT2D eigenvalue weighted by atomic mass is 35.5. The van der Waals surface area contributed by atoms with Gasteiger partial charge >= 0.3 is 0 Å². The first-order valence-corrected chi connectivity index (χ1v) is 9.24. The fourth-order valence-corrected chi connectivity index (χ4v) is 5.51. The van der Waals surface area contributed by atoms with Crippen LogP contribution in [0.15, 0.2) is 17.0 Å². The molecule has 1 aliphatic rings. The number of halogens is 3. The maximum absolute atomic E-state index is 12.5. The van der Waals surface area contributed by atoms with E-state index >= 15 is 0 Å². The highest BCUT2D eigenvalue weighted by molar-refractivity contribution is 7.89. The van der Waals surface area contributed by atoms with Crippen LogP contribution < -0.4 is 4.72 Å². The van der Waals surface area contributed by atoms with E-state index < -0.39 is 10.0 Å². The Balaban J connectivity index is 2.30. The largest absolute Gasteiger partial charge is 0.396 e. The Morgan fingerprint density at radius 3 is 2.29 bits per heavy atom. The van der Waals surface area contributed by atoms with Gasteiger partial charge < -0.3 is 5.11 Å². The molecule has 0 radical (unpaired) electrons. The summed E-state index contributed by atoms with van der Waals surface area (Å²) in [4.78, 5) is -0.169. The summed E-state index contributed by atoms with van der Waals surface area (Å²) in [5.41, 5.74) is 0. The molecule has 1 aromatic carbocycles. The van der Waals surface area contributed by atoms with Crippen LogP contribution in [0.4, 0.5) is 0 Å². The summed E-state index contributed by atoms with van der Waals surface area (Å²) in [5.74, 6) is -0.0848. The van der Waals surface area contributed by atoms with Crippen molar-refractivity contribution >= 4 is 44.8 Å². The average molecular weight is 373 g/mol. The van der Waals surface area contributed by atoms with Gasteiger partial charge in [-0.2, -0.15) is 0 Å². The van der Waals surface area contributed by atoms with Gasteiger partial charge in [0.1, 0.15) is 4.90 Å². The van der Waals surface area contributed by atoms with Crippen LogP contribution in [0, 0.1) is 5.92 Å². The van der Waals surface area contributed by atoms with Crippen LogP contribution in [0.5, 0.6) is 0 Å². The van der Waals surface area contributed by atoms with E-state index in [1.54, 1.807) is 0 Å². The molecule has 2 N–H and O–H groups in total. The second-order valence-electron chi connectivity index (χ2n) is 5.15. The molecule has 0 spiro atoms. The van der Waals surface area contributed by atoms with E-state index in [4.69, 9.17) is 34.8 Å². The first-order valence-electron chi connectivity index (χ1n) is 6.63. The predicted molar refractivity (Wildman–Crippen MR) is 84.6 cm³/mol. The lowest BCUT2D eigenvalue weighted by molar-refractivity contribution is 0.164. The highest BCUT2D eigenvalue weighted by Gasteiger charge is 2.31. The quantitative estimate of drug-likeness (QED) is 0.850. The van der Waals surface area contributed by atoms with Crippen molar-refractivity contribution in [1.82, 2.24) is 4.72 Å². The Hall–Kier alpha value is -0.0400. The Morgan fingerprint density at radius 2 is 1.71 bits per heavy atom. The number of rotatable bonds is 4. The summed E-state index contributed by atoms with van der Waals surface area (Å²) in [5, 5.41) is 9.61. The second-order valence-corrected chi connectivity index (χ2v) is 8.06. The van der Waals surface area contributed by atoms with Crippen molar-refractivity contribution in [1.29, 1.82) is 0 Å². The van der Waals surface area contributed by atoms with Crippen molar-refractivity contribution in [2.24, 2.45) is 5.92 Å². The minimum absolute atomic E-state index is 0.0173. The molecule has 1 aliphatic carbocycles. The molecule has 2 rings (SSSR count). The Bertz CT molecular complexity index is 598. The minimum Gasteiger partial charge on any atom is -0.396 e. The Labute approximate surface area is 139 Å². The number of sulfonamides is 1. The third kappa shape index (κ3) is 4.03. The lowest BCUT2D eigenvalue weighted by Gasteiger charge is -2.30. The van der Waals surface area contributed by atoms with E-state index in [9.17, 15) is 13.5 Å². The van der Waals surface area contributed by atoms with Gasteiger partial charge in [0.05, 0.1) is 10.0 Å². The van der Waals surface area contributed by atoms with E-state index in [-0.39, 0.29) is 38.5 Å². The summed E-state index contributed by atoms with van der Waals surface area (Å²) in [6.45, 7) is -0.0464. The van der Waals surface area contributed by atoms with Gasteiger partial charge in [0.2, 0.25) is 10.0 Å². The number of hydrogen-bond donors (Lipinski definition) is 2. The van der Waals surface area contributed by atoms with E-state index in [1.165, 1.54) is 12.1 Å². The van der Waals surface area contributed by atoms with Crippen LogP contribution in [0.1, 0.15) is 25.7 Å². The lowest BCUT2D eigenvalue weighted by Crippen LogP contribution is -2.43. The zero-order valence-electron chi connectivity index (χ0n) is 11.2. The van der Waals surface area contributed by atoms with Crippen molar-refractivity contribution in [3.05, 3.63) is 27.2 Å². The molecule has 0 heterocycles. The fraction of sp³-hybridized carbons (Fsp3) is 0.538. The average Bonchev–Trinajstić information content (AvgIpc) is 2.37. The molecule has 0 bridgehead atoms. The smallest absolute Gasteiger partial charge is 0.243 e. The zero-order valence-corrected chi connectivity index (χ0v) is 14.2. The number of hydrogen-bond acceptors (Lipinski definition) is 3. The topological polar surface area (TPSA) is 66.4 Å². The van der Waals surface area contributed by atoms with Gasteiger partial charge in [-0.25, -0.2) is 13.1 Å². The molecule has 2 atom stereocenters. The predicted octanol–water partition coefficient (Wildman–Crippen LogP) is 3.48. The summed E-state index contributed by atoms with van der Waals surface area (Å²) >= 11 is 17.7. The molecule has 0 aromatic heterocycles. The molecule has 0 saturated heterocycles. The molecule has 1 aromatic rings. The summed E-state index contributed by atoms with van der Waals surface area (Å²) in [6, 6.07) is 2.37. The highest BCUT2D eigenvalue weighted by Crippen LogP contribution is 2.34. The molecule has 0 aliphatic heterocycles. The number of benzene rings is 1. The summed E-state index contributed by atoms with van der Waals surface area (Å²) in [6.07, 6.45) is 3.40. The Morgan fingerprint density at radius 1 is 1.14 bits per heavy atom. The maximum Gasteiger partial charge on any atom is 0.243 e. The third-order valence-corrected chi connectivity index (χ3v) is 6.31. The molecule has 1 saturated carbocycles. The van der Waals surface area contributed by atoms with Crippen molar-refractivity contribution in [2.45, 2.75) is 36.6 Å². The molecule has 1 fully saturated rings. The van der Waals surface area contributed by atoms with Gasteiger partial charge in [0.15, 0.2) is 0 Å². The van der Waals surface area contributed by atoms with Crippen LogP contribution in [0.2, 0.25) is 15.1 Å². The molecule has 8 heteroatoms. The van der Waals surface area contributed by atoms with Crippen molar-refractivity contribution in [3.63, 3.8) is 0 Å². The molecule has 21 heavy (non-hydrogen) atoms. The number of nitrogens with one attached hydrogen (secondary N) is 1. The van der Waals surface area contributed by atoms with E-state index in [2.05, 4.69) is 4.72 Å². The second kappa shape index (κ2) is 7.02. The van der Waals surface area contributed by atoms with Crippen molar-refractivity contribution < 1.29 is 13.5 Å². The first kappa shape index (κ1) is 17.3. The molecule has 4 nitrogen and oxygen atoms in total. The molecule has 2 unspecified atom stereocenters. The van der Waals surface area contributed by atoms with Gasteiger partial charge in [0.25, 0.3) is 0 Å². The van der Waals surface area contributed by atoms with Crippen LogP contribution >= 0.6 is 34.8 Å². The van der Waals surface area contributed by atoms with Gasteiger partial charge in [-0.15, -0.1) is 0 Å². The molecular weight excluding hydrogens is 357 g/mol. The SMILES string of the molecule is O=S(=O)(NC1CCCCC1CO)c1c(Cl)cc(Cl)cc1Cl. The van der Waals surface area contributed by atoms with Crippen LogP contribution in [-0.4, -0.2) is 26.2 Å². The monoisotopic (exact) mass is 371 g/mol. The molecular formula is C13H16Cl3NO3S. The van der Waals surface area contributed by atoms with Crippen LogP contribution in [-0.2, 0) is 10.0 Å². The lowest BCUT2D eigenvalue weighted by atomic mass is 9.86. The normalized spacial score (nSPS) is 23.2. The Kier molecular flexibility index (Phi) is 5.79.